The molecule has 2 nitrogen and oxygen atoms in total. The van der Waals surface area contributed by atoms with Gasteiger partial charge in [-0.05, 0) is 50.4 Å². The molecule has 0 amide bonds. The van der Waals surface area contributed by atoms with Crippen molar-refractivity contribution in [1.82, 2.24) is 5.32 Å². The third-order valence-corrected chi connectivity index (χ3v) is 4.43. The average molecular weight is 296 g/mol. The molecule has 0 aromatic heterocycles. The summed E-state index contributed by atoms with van der Waals surface area (Å²) in [6.07, 6.45) is 3.20. The lowest BCUT2D eigenvalue weighted by Gasteiger charge is -2.40. The largest absolute Gasteiger partial charge is 0.487 e. The van der Waals surface area contributed by atoms with Crippen LogP contribution in [0.4, 0.5) is 0 Å². The lowest BCUT2D eigenvalue weighted by Crippen LogP contribution is -2.41. The third-order valence-electron chi connectivity index (χ3n) is 4.20. The van der Waals surface area contributed by atoms with E-state index in [1.165, 1.54) is 12.0 Å². The summed E-state index contributed by atoms with van der Waals surface area (Å²) in [5, 5.41) is 4.47. The van der Waals surface area contributed by atoms with E-state index in [-0.39, 0.29) is 5.60 Å². The highest BCUT2D eigenvalue weighted by molar-refractivity contribution is 6.30. The van der Waals surface area contributed by atoms with Gasteiger partial charge in [-0.15, -0.1) is 0 Å². The van der Waals surface area contributed by atoms with E-state index in [4.69, 9.17) is 16.3 Å². The molecule has 2 unspecified atom stereocenters. The Kier molecular flexibility index (Phi) is 4.98. The van der Waals surface area contributed by atoms with E-state index in [9.17, 15) is 0 Å². The van der Waals surface area contributed by atoms with Gasteiger partial charge in [-0.2, -0.15) is 0 Å². The number of halogens is 1. The summed E-state index contributed by atoms with van der Waals surface area (Å²) >= 11 is 6.15. The van der Waals surface area contributed by atoms with Gasteiger partial charge in [0.15, 0.2) is 0 Å². The first-order valence-electron chi connectivity index (χ1n) is 7.65. The minimum absolute atomic E-state index is 0.0870. The molecule has 0 radical (unpaired) electrons. The molecule has 2 rings (SSSR count). The van der Waals surface area contributed by atoms with Crippen molar-refractivity contribution >= 4 is 11.6 Å². The number of hydrogen-bond acceptors (Lipinski definition) is 2. The maximum Gasteiger partial charge on any atom is 0.125 e. The molecule has 0 saturated heterocycles. The zero-order valence-corrected chi connectivity index (χ0v) is 13.8. The van der Waals surface area contributed by atoms with E-state index >= 15 is 0 Å². The van der Waals surface area contributed by atoms with Crippen molar-refractivity contribution in [2.45, 2.75) is 58.6 Å². The first-order valence-corrected chi connectivity index (χ1v) is 8.03. The summed E-state index contributed by atoms with van der Waals surface area (Å²) in [6.45, 7) is 9.93. The Hall–Kier alpha value is -0.730. The SMILES string of the molecule is CCC1(C)CC(NCCC(C)C)c2cc(Cl)ccc2O1. The molecular weight excluding hydrogens is 270 g/mol. The van der Waals surface area contributed by atoms with Crippen LogP contribution in [-0.2, 0) is 0 Å². The van der Waals surface area contributed by atoms with Crippen LogP contribution in [0.15, 0.2) is 18.2 Å². The quantitative estimate of drug-likeness (QED) is 0.828. The van der Waals surface area contributed by atoms with Gasteiger partial charge < -0.3 is 10.1 Å². The summed E-state index contributed by atoms with van der Waals surface area (Å²) in [6, 6.07) is 6.29. The maximum absolute atomic E-state index is 6.18. The molecule has 112 valence electrons. The van der Waals surface area contributed by atoms with Crippen LogP contribution in [0.1, 0.15) is 58.6 Å². The molecule has 1 N–H and O–H groups in total. The molecule has 1 aliphatic rings. The fourth-order valence-electron chi connectivity index (χ4n) is 2.68. The Balaban J connectivity index is 2.19. The molecule has 20 heavy (non-hydrogen) atoms. The van der Waals surface area contributed by atoms with E-state index in [0.717, 1.165) is 36.1 Å². The lowest BCUT2D eigenvalue weighted by atomic mass is 9.86. The van der Waals surface area contributed by atoms with E-state index in [1.807, 2.05) is 18.2 Å². The van der Waals surface area contributed by atoms with Crippen LogP contribution >= 0.6 is 11.6 Å². The molecule has 2 atom stereocenters. The second-order valence-electron chi connectivity index (χ2n) is 6.48. The van der Waals surface area contributed by atoms with Gasteiger partial charge in [0.2, 0.25) is 0 Å². The van der Waals surface area contributed by atoms with Crippen molar-refractivity contribution in [3.8, 4) is 5.75 Å². The molecule has 1 aromatic carbocycles. The van der Waals surface area contributed by atoms with Gasteiger partial charge >= 0.3 is 0 Å². The zero-order chi connectivity index (χ0) is 14.8. The zero-order valence-electron chi connectivity index (χ0n) is 13.0. The standard InChI is InChI=1S/C17H26ClNO/c1-5-17(4)11-15(19-9-8-12(2)3)14-10-13(18)6-7-16(14)20-17/h6-7,10,12,15,19H,5,8-9,11H2,1-4H3. The molecular formula is C17H26ClNO. The molecule has 3 heteroatoms. The van der Waals surface area contributed by atoms with Crippen molar-refractivity contribution in [3.63, 3.8) is 0 Å². The van der Waals surface area contributed by atoms with Crippen molar-refractivity contribution in [2.75, 3.05) is 6.54 Å². The Morgan fingerprint density at radius 3 is 2.85 bits per heavy atom. The highest BCUT2D eigenvalue weighted by Gasteiger charge is 2.35. The fourth-order valence-corrected chi connectivity index (χ4v) is 2.86. The summed E-state index contributed by atoms with van der Waals surface area (Å²) in [5.74, 6) is 1.70. The third kappa shape index (κ3) is 3.67. The summed E-state index contributed by atoms with van der Waals surface area (Å²) in [5.41, 5.74) is 1.11. The molecule has 1 aliphatic heterocycles. The Morgan fingerprint density at radius 2 is 2.20 bits per heavy atom. The Labute approximate surface area is 127 Å². The normalized spacial score (nSPS) is 25.4. The van der Waals surface area contributed by atoms with E-state index in [2.05, 4.69) is 33.0 Å². The predicted octanol–water partition coefficient (Wildman–Crippen LogP) is 4.97. The molecule has 0 aliphatic carbocycles. The average Bonchev–Trinajstić information content (AvgIpc) is 2.39. The predicted molar refractivity (Wildman–Crippen MR) is 85.6 cm³/mol. The number of hydrogen-bond donors (Lipinski definition) is 1. The number of benzene rings is 1. The van der Waals surface area contributed by atoms with E-state index < -0.39 is 0 Å². The minimum Gasteiger partial charge on any atom is -0.487 e. The van der Waals surface area contributed by atoms with Crippen LogP contribution in [0.25, 0.3) is 0 Å². The van der Waals surface area contributed by atoms with Gasteiger partial charge in [-0.3, -0.25) is 0 Å². The van der Waals surface area contributed by atoms with Gasteiger partial charge in [0, 0.05) is 23.0 Å². The molecule has 1 heterocycles. The highest BCUT2D eigenvalue weighted by atomic mass is 35.5. The number of nitrogens with one attached hydrogen (secondary N) is 1. The highest BCUT2D eigenvalue weighted by Crippen LogP contribution is 2.42. The second kappa shape index (κ2) is 6.36. The van der Waals surface area contributed by atoms with Gasteiger partial charge in [-0.25, -0.2) is 0 Å². The number of ether oxygens (including phenoxy) is 1. The van der Waals surface area contributed by atoms with Crippen molar-refractivity contribution in [3.05, 3.63) is 28.8 Å². The van der Waals surface area contributed by atoms with Crippen LogP contribution in [0.5, 0.6) is 5.75 Å². The van der Waals surface area contributed by atoms with Crippen LogP contribution in [0.2, 0.25) is 5.02 Å². The fraction of sp³-hybridized carbons (Fsp3) is 0.647. The molecule has 1 aromatic rings. The van der Waals surface area contributed by atoms with Crippen LogP contribution in [0, 0.1) is 5.92 Å². The molecule has 0 saturated carbocycles. The van der Waals surface area contributed by atoms with E-state index in [0.29, 0.717) is 6.04 Å². The first kappa shape index (κ1) is 15.7. The Bertz CT molecular complexity index is 460. The second-order valence-corrected chi connectivity index (χ2v) is 6.92. The van der Waals surface area contributed by atoms with Crippen LogP contribution < -0.4 is 10.1 Å². The minimum atomic E-state index is -0.0870. The molecule has 0 bridgehead atoms. The van der Waals surface area contributed by atoms with Gasteiger partial charge in [-0.1, -0.05) is 32.4 Å². The van der Waals surface area contributed by atoms with Crippen molar-refractivity contribution < 1.29 is 4.74 Å². The van der Waals surface area contributed by atoms with Gasteiger partial charge in [0.25, 0.3) is 0 Å². The Morgan fingerprint density at radius 1 is 1.45 bits per heavy atom. The van der Waals surface area contributed by atoms with E-state index in [1.54, 1.807) is 0 Å². The summed E-state index contributed by atoms with van der Waals surface area (Å²) in [4.78, 5) is 0. The van der Waals surface area contributed by atoms with Crippen molar-refractivity contribution in [2.24, 2.45) is 5.92 Å². The smallest absolute Gasteiger partial charge is 0.125 e. The summed E-state index contributed by atoms with van der Waals surface area (Å²) in [7, 11) is 0. The molecule has 0 fully saturated rings. The maximum atomic E-state index is 6.18. The van der Waals surface area contributed by atoms with Crippen LogP contribution in [-0.4, -0.2) is 12.1 Å². The van der Waals surface area contributed by atoms with Crippen molar-refractivity contribution in [1.29, 1.82) is 0 Å². The molecule has 0 spiro atoms. The number of fused-ring (bicyclic) bond motifs is 1. The number of rotatable bonds is 5. The monoisotopic (exact) mass is 295 g/mol. The first-order chi connectivity index (χ1) is 9.43. The van der Waals surface area contributed by atoms with Gasteiger partial charge in [0.05, 0.1) is 0 Å². The van der Waals surface area contributed by atoms with Gasteiger partial charge in [0.1, 0.15) is 11.4 Å². The summed E-state index contributed by atoms with van der Waals surface area (Å²) < 4.78 is 6.18. The topological polar surface area (TPSA) is 21.3 Å². The van der Waals surface area contributed by atoms with Crippen LogP contribution in [0.3, 0.4) is 0 Å². The lowest BCUT2D eigenvalue weighted by molar-refractivity contribution is 0.0441.